The first-order valence-corrected chi connectivity index (χ1v) is 13.2. The van der Waals surface area contributed by atoms with Crippen LogP contribution >= 0.6 is 23.2 Å². The number of ether oxygens (including phenoxy) is 3. The van der Waals surface area contributed by atoms with Gasteiger partial charge in [0.15, 0.2) is 0 Å². The van der Waals surface area contributed by atoms with Crippen LogP contribution in [0.25, 0.3) is 22.0 Å². The molecule has 0 spiro atoms. The zero-order chi connectivity index (χ0) is 25.6. The second-order valence-electron chi connectivity index (χ2n) is 10.2. The molecular formula is C26H32Cl2N4O4. The van der Waals surface area contributed by atoms with Crippen molar-refractivity contribution in [3.8, 4) is 16.9 Å². The summed E-state index contributed by atoms with van der Waals surface area (Å²) in [4.78, 5) is 14.7. The molecule has 2 aromatic heterocycles. The minimum Gasteiger partial charge on any atom is -0.493 e. The SMILES string of the molecule is CCOc1cc(Cl)c(Cl)c2c1c(-c1cnn(C3CCCCO3)c1)c1n2CCN(C(=O)OC(C)(C)C)C1. The van der Waals surface area contributed by atoms with Gasteiger partial charge in [-0.05, 0) is 47.0 Å². The predicted octanol–water partition coefficient (Wildman–Crippen LogP) is 6.66. The van der Waals surface area contributed by atoms with Gasteiger partial charge in [0.25, 0.3) is 0 Å². The fourth-order valence-electron chi connectivity index (χ4n) is 5.01. The Morgan fingerprint density at radius 3 is 2.75 bits per heavy atom. The zero-order valence-electron chi connectivity index (χ0n) is 21.1. The number of halogens is 2. The molecule has 2 aliphatic rings. The van der Waals surface area contributed by atoms with Crippen molar-refractivity contribution in [2.24, 2.45) is 0 Å². The van der Waals surface area contributed by atoms with Crippen molar-refractivity contribution in [2.75, 3.05) is 19.8 Å². The number of carbonyl (C=O) groups is 1. The standard InChI is InChI=1S/C26H32Cl2N4O4/c1-5-34-19-12-17(27)23(28)24-22(19)21(16-13-29-32(14-16)20-8-6-7-11-35-20)18-15-30(9-10-31(18)24)25(33)36-26(2,3)4/h12-14,20H,5-11,15H2,1-4H3. The van der Waals surface area contributed by atoms with Crippen LogP contribution < -0.4 is 4.74 Å². The molecule has 0 bridgehead atoms. The average molecular weight is 535 g/mol. The van der Waals surface area contributed by atoms with Crippen LogP contribution in [0.3, 0.4) is 0 Å². The van der Waals surface area contributed by atoms with E-state index in [0.717, 1.165) is 53.6 Å². The van der Waals surface area contributed by atoms with E-state index in [0.29, 0.717) is 42.0 Å². The molecule has 0 radical (unpaired) electrons. The van der Waals surface area contributed by atoms with Crippen LogP contribution in [0.15, 0.2) is 18.5 Å². The molecule has 1 aromatic carbocycles. The zero-order valence-corrected chi connectivity index (χ0v) is 22.7. The minimum atomic E-state index is -0.579. The lowest BCUT2D eigenvalue weighted by atomic mass is 10.0. The number of benzene rings is 1. The van der Waals surface area contributed by atoms with Gasteiger partial charge in [-0.15, -0.1) is 0 Å². The number of nitrogens with zero attached hydrogens (tertiary/aromatic N) is 4. The number of rotatable bonds is 4. The number of carbonyl (C=O) groups excluding carboxylic acids is 1. The molecule has 8 nitrogen and oxygen atoms in total. The van der Waals surface area contributed by atoms with Gasteiger partial charge in [-0.1, -0.05) is 23.2 Å². The lowest BCUT2D eigenvalue weighted by Crippen LogP contribution is -2.41. The summed E-state index contributed by atoms with van der Waals surface area (Å²) in [5.41, 5.74) is 3.01. The van der Waals surface area contributed by atoms with Crippen molar-refractivity contribution < 1.29 is 19.0 Å². The van der Waals surface area contributed by atoms with Crippen molar-refractivity contribution in [1.29, 1.82) is 0 Å². The number of hydrogen-bond donors (Lipinski definition) is 0. The van der Waals surface area contributed by atoms with Crippen molar-refractivity contribution in [3.05, 3.63) is 34.2 Å². The first kappa shape index (κ1) is 25.2. The summed E-state index contributed by atoms with van der Waals surface area (Å²) in [5.74, 6) is 0.657. The quantitative estimate of drug-likeness (QED) is 0.374. The van der Waals surface area contributed by atoms with E-state index in [1.165, 1.54) is 0 Å². The third-order valence-corrected chi connectivity index (χ3v) is 7.30. The summed E-state index contributed by atoms with van der Waals surface area (Å²) < 4.78 is 21.7. The van der Waals surface area contributed by atoms with Crippen molar-refractivity contribution in [1.82, 2.24) is 19.2 Å². The Kier molecular flexibility index (Phi) is 6.87. The van der Waals surface area contributed by atoms with Crippen molar-refractivity contribution in [3.63, 3.8) is 0 Å². The Morgan fingerprint density at radius 2 is 2.06 bits per heavy atom. The second-order valence-corrected chi connectivity index (χ2v) is 11.0. The first-order valence-electron chi connectivity index (χ1n) is 12.5. The molecule has 1 unspecified atom stereocenters. The van der Waals surface area contributed by atoms with Crippen LogP contribution in [-0.4, -0.2) is 50.7 Å². The van der Waals surface area contributed by atoms with Gasteiger partial charge < -0.3 is 23.7 Å². The Balaban J connectivity index is 1.66. The van der Waals surface area contributed by atoms with Crippen LogP contribution in [0.1, 0.15) is 58.9 Å². The molecule has 1 saturated heterocycles. The number of aromatic nitrogens is 3. The molecule has 3 aromatic rings. The van der Waals surface area contributed by atoms with Gasteiger partial charge in [0, 0.05) is 48.8 Å². The highest BCUT2D eigenvalue weighted by molar-refractivity contribution is 6.45. The maximum absolute atomic E-state index is 13.0. The van der Waals surface area contributed by atoms with E-state index in [4.69, 9.17) is 37.4 Å². The normalized spacial score (nSPS) is 18.4. The first-order chi connectivity index (χ1) is 17.2. The van der Waals surface area contributed by atoms with Crippen LogP contribution in [0.2, 0.25) is 10.0 Å². The molecule has 36 heavy (non-hydrogen) atoms. The highest BCUT2D eigenvalue weighted by atomic mass is 35.5. The third kappa shape index (κ3) is 4.66. The Bertz CT molecular complexity index is 1290. The van der Waals surface area contributed by atoms with E-state index in [9.17, 15) is 4.79 Å². The predicted molar refractivity (Wildman–Crippen MR) is 140 cm³/mol. The molecule has 1 fully saturated rings. The van der Waals surface area contributed by atoms with Gasteiger partial charge in [-0.2, -0.15) is 5.10 Å². The highest BCUT2D eigenvalue weighted by Crippen LogP contribution is 2.47. The minimum absolute atomic E-state index is 0.0835. The fraction of sp³-hybridized carbons (Fsp3) is 0.538. The number of amides is 1. The Labute approximate surface area is 221 Å². The molecular weight excluding hydrogens is 503 g/mol. The van der Waals surface area contributed by atoms with Gasteiger partial charge in [-0.25, -0.2) is 9.48 Å². The lowest BCUT2D eigenvalue weighted by molar-refractivity contribution is -0.0394. The van der Waals surface area contributed by atoms with Crippen molar-refractivity contribution >= 4 is 40.2 Å². The second kappa shape index (κ2) is 9.80. The van der Waals surface area contributed by atoms with E-state index < -0.39 is 5.60 Å². The van der Waals surface area contributed by atoms with E-state index in [2.05, 4.69) is 9.67 Å². The summed E-state index contributed by atoms with van der Waals surface area (Å²) in [6, 6.07) is 1.77. The Morgan fingerprint density at radius 1 is 1.25 bits per heavy atom. The smallest absolute Gasteiger partial charge is 0.410 e. The topological polar surface area (TPSA) is 70.8 Å². The van der Waals surface area contributed by atoms with Crippen LogP contribution in [0, 0.1) is 0 Å². The number of fused-ring (bicyclic) bond motifs is 3. The fourth-order valence-corrected chi connectivity index (χ4v) is 5.45. The number of hydrogen-bond acceptors (Lipinski definition) is 5. The molecule has 194 valence electrons. The van der Waals surface area contributed by atoms with Crippen molar-refractivity contribution in [2.45, 2.75) is 71.9 Å². The Hall–Kier alpha value is -2.42. The molecule has 0 aliphatic carbocycles. The molecule has 5 rings (SSSR count). The largest absolute Gasteiger partial charge is 0.493 e. The highest BCUT2D eigenvalue weighted by Gasteiger charge is 2.33. The van der Waals surface area contributed by atoms with Crippen LogP contribution in [-0.2, 0) is 22.6 Å². The van der Waals surface area contributed by atoms with E-state index in [1.54, 1.807) is 11.0 Å². The van der Waals surface area contributed by atoms with Gasteiger partial charge in [0.2, 0.25) is 0 Å². The van der Waals surface area contributed by atoms with Gasteiger partial charge in [0.05, 0.1) is 40.3 Å². The van der Waals surface area contributed by atoms with Gasteiger partial charge >= 0.3 is 6.09 Å². The summed E-state index contributed by atoms with van der Waals surface area (Å²) in [7, 11) is 0. The molecule has 4 heterocycles. The third-order valence-electron chi connectivity index (χ3n) is 6.52. The summed E-state index contributed by atoms with van der Waals surface area (Å²) in [6.45, 7) is 10.2. The van der Waals surface area contributed by atoms with E-state index >= 15 is 0 Å². The van der Waals surface area contributed by atoms with Crippen LogP contribution in [0.5, 0.6) is 5.75 Å². The van der Waals surface area contributed by atoms with E-state index in [-0.39, 0.29) is 12.3 Å². The average Bonchev–Trinajstić information content (AvgIpc) is 3.44. The summed E-state index contributed by atoms with van der Waals surface area (Å²) in [6.07, 6.45) is 6.53. The molecule has 2 aliphatic heterocycles. The van der Waals surface area contributed by atoms with Crippen LogP contribution in [0.4, 0.5) is 4.79 Å². The maximum atomic E-state index is 13.0. The van der Waals surface area contributed by atoms with E-state index in [1.807, 2.05) is 44.8 Å². The molecule has 10 heteroatoms. The monoisotopic (exact) mass is 534 g/mol. The molecule has 1 amide bonds. The molecule has 0 saturated carbocycles. The summed E-state index contributed by atoms with van der Waals surface area (Å²) in [5, 5.41) is 6.42. The summed E-state index contributed by atoms with van der Waals surface area (Å²) >= 11 is 13.3. The van der Waals surface area contributed by atoms with Gasteiger partial charge in [0.1, 0.15) is 17.6 Å². The molecule has 1 atom stereocenters. The molecule has 0 N–H and O–H groups in total. The lowest BCUT2D eigenvalue weighted by Gasteiger charge is -2.31. The van der Waals surface area contributed by atoms with Gasteiger partial charge in [-0.3, -0.25) is 0 Å². The maximum Gasteiger partial charge on any atom is 0.410 e.